The standard InChI is InChI=1S/C3H6O.C2H4O.BrH/c1-3-2-4-3;1-2-3-1;/h3H,2H2,1H3;1-2H2;1H. The lowest BCUT2D eigenvalue weighted by Crippen LogP contribution is -1.60. The van der Waals surface area contributed by atoms with Crippen molar-refractivity contribution in [3.05, 3.63) is 0 Å². The van der Waals surface area contributed by atoms with Crippen molar-refractivity contribution in [3.8, 4) is 0 Å². The monoisotopic (exact) mass is 182 g/mol. The van der Waals surface area contributed by atoms with Gasteiger partial charge in [-0.1, -0.05) is 0 Å². The number of rotatable bonds is 0. The van der Waals surface area contributed by atoms with Crippen LogP contribution in [0.3, 0.4) is 0 Å². The number of ether oxygens (including phenoxy) is 2. The van der Waals surface area contributed by atoms with Gasteiger partial charge >= 0.3 is 0 Å². The SMILES string of the molecule is Br.C1CO1.CC1CO1. The highest BCUT2D eigenvalue weighted by Gasteiger charge is 2.13. The van der Waals surface area contributed by atoms with Gasteiger partial charge in [-0.3, -0.25) is 0 Å². The van der Waals surface area contributed by atoms with Gasteiger partial charge in [0.05, 0.1) is 25.9 Å². The van der Waals surface area contributed by atoms with E-state index in [1.54, 1.807) is 0 Å². The maximum Gasteiger partial charge on any atom is 0.0781 e. The fourth-order valence-electron chi connectivity index (χ4n) is 0.0962. The van der Waals surface area contributed by atoms with Crippen LogP contribution in [0.15, 0.2) is 0 Å². The molecule has 1 unspecified atom stereocenters. The van der Waals surface area contributed by atoms with Crippen LogP contribution in [0, 0.1) is 0 Å². The second-order valence-corrected chi connectivity index (χ2v) is 1.76. The second kappa shape index (κ2) is 4.30. The van der Waals surface area contributed by atoms with E-state index in [1.807, 2.05) is 0 Å². The normalized spacial score (nSPS) is 28.9. The molecule has 2 rings (SSSR count). The molecule has 0 amide bonds. The Balaban J connectivity index is 0.000000112. The van der Waals surface area contributed by atoms with E-state index in [0.717, 1.165) is 19.8 Å². The van der Waals surface area contributed by atoms with Crippen molar-refractivity contribution < 1.29 is 9.47 Å². The van der Waals surface area contributed by atoms with Crippen molar-refractivity contribution in [1.82, 2.24) is 0 Å². The molecular weight excluding hydrogens is 172 g/mol. The molecular formula is C5H11BrO2. The van der Waals surface area contributed by atoms with Gasteiger partial charge in [0.1, 0.15) is 0 Å². The van der Waals surface area contributed by atoms with Gasteiger partial charge in [-0.2, -0.15) is 0 Å². The zero-order valence-electron chi connectivity index (χ0n) is 4.92. The molecule has 0 radical (unpaired) electrons. The lowest BCUT2D eigenvalue weighted by atomic mass is 10.6. The molecule has 2 fully saturated rings. The topological polar surface area (TPSA) is 25.1 Å². The fourth-order valence-corrected chi connectivity index (χ4v) is 0.0962. The summed E-state index contributed by atoms with van der Waals surface area (Å²) in [5, 5.41) is 0. The number of hydrogen-bond donors (Lipinski definition) is 0. The summed E-state index contributed by atoms with van der Waals surface area (Å²) in [7, 11) is 0. The maximum absolute atomic E-state index is 4.71. The summed E-state index contributed by atoms with van der Waals surface area (Å²) in [6.45, 7) is 5.04. The number of epoxide rings is 2. The second-order valence-electron chi connectivity index (χ2n) is 1.76. The van der Waals surface area contributed by atoms with Crippen LogP contribution in [0.5, 0.6) is 0 Å². The third kappa shape index (κ3) is 9.64. The van der Waals surface area contributed by atoms with Crippen LogP contribution in [-0.2, 0) is 9.47 Å². The van der Waals surface area contributed by atoms with E-state index in [1.165, 1.54) is 0 Å². The van der Waals surface area contributed by atoms with Crippen molar-refractivity contribution in [2.24, 2.45) is 0 Å². The summed E-state index contributed by atoms with van der Waals surface area (Å²) >= 11 is 0. The summed E-state index contributed by atoms with van der Waals surface area (Å²) in [4.78, 5) is 0. The Labute approximate surface area is 59.9 Å². The maximum atomic E-state index is 4.71. The smallest absolute Gasteiger partial charge is 0.0781 e. The quantitative estimate of drug-likeness (QED) is 0.523. The van der Waals surface area contributed by atoms with Gasteiger partial charge in [-0.15, -0.1) is 17.0 Å². The Morgan fingerprint density at radius 3 is 1.62 bits per heavy atom. The van der Waals surface area contributed by atoms with E-state index < -0.39 is 0 Å². The molecule has 2 saturated heterocycles. The van der Waals surface area contributed by atoms with Crippen molar-refractivity contribution in [2.45, 2.75) is 13.0 Å². The van der Waals surface area contributed by atoms with Crippen LogP contribution in [0.1, 0.15) is 6.92 Å². The predicted molar refractivity (Wildman–Crippen MR) is 36.6 cm³/mol. The third-order valence-electron chi connectivity index (χ3n) is 0.704. The van der Waals surface area contributed by atoms with Crippen molar-refractivity contribution >= 4 is 17.0 Å². The molecule has 2 heterocycles. The lowest BCUT2D eigenvalue weighted by molar-refractivity contribution is 0.423. The first-order chi connectivity index (χ1) is 3.39. The first-order valence-corrected chi connectivity index (χ1v) is 2.59. The van der Waals surface area contributed by atoms with Gasteiger partial charge in [-0.25, -0.2) is 0 Å². The highest BCUT2D eigenvalue weighted by Crippen LogP contribution is 2.04. The zero-order chi connectivity index (χ0) is 5.11. The molecule has 0 aliphatic carbocycles. The summed E-state index contributed by atoms with van der Waals surface area (Å²) < 4.78 is 9.21. The lowest BCUT2D eigenvalue weighted by Gasteiger charge is -1.50. The van der Waals surface area contributed by atoms with Gasteiger partial charge < -0.3 is 9.47 Å². The third-order valence-corrected chi connectivity index (χ3v) is 0.704. The van der Waals surface area contributed by atoms with Crippen LogP contribution in [0.2, 0.25) is 0 Å². The predicted octanol–water partition coefficient (Wildman–Crippen LogP) is 1.000. The van der Waals surface area contributed by atoms with Crippen molar-refractivity contribution in [2.75, 3.05) is 19.8 Å². The first kappa shape index (κ1) is 8.40. The van der Waals surface area contributed by atoms with E-state index in [9.17, 15) is 0 Å². The highest BCUT2D eigenvalue weighted by atomic mass is 79.9. The van der Waals surface area contributed by atoms with E-state index in [4.69, 9.17) is 4.74 Å². The molecule has 1 atom stereocenters. The minimum atomic E-state index is 0. The van der Waals surface area contributed by atoms with Crippen molar-refractivity contribution in [3.63, 3.8) is 0 Å². The minimum absolute atomic E-state index is 0. The first-order valence-electron chi connectivity index (χ1n) is 2.59. The van der Waals surface area contributed by atoms with Crippen LogP contribution in [-0.4, -0.2) is 25.9 Å². The van der Waals surface area contributed by atoms with Crippen LogP contribution in [0.4, 0.5) is 0 Å². The summed E-state index contributed by atoms with van der Waals surface area (Å²) in [6.07, 6.45) is 0.583. The van der Waals surface area contributed by atoms with Crippen LogP contribution < -0.4 is 0 Å². The Hall–Kier alpha value is 0.400. The average molecular weight is 183 g/mol. The Morgan fingerprint density at radius 1 is 1.38 bits per heavy atom. The molecule has 2 aliphatic rings. The fraction of sp³-hybridized carbons (Fsp3) is 1.00. The van der Waals surface area contributed by atoms with E-state index in [-0.39, 0.29) is 17.0 Å². The molecule has 3 heteroatoms. The average Bonchev–Trinajstić information content (AvgIpc) is 2.27. The number of halogens is 1. The molecule has 0 bridgehead atoms. The van der Waals surface area contributed by atoms with E-state index in [0.29, 0.717) is 6.10 Å². The van der Waals surface area contributed by atoms with Crippen LogP contribution in [0.25, 0.3) is 0 Å². The van der Waals surface area contributed by atoms with E-state index >= 15 is 0 Å². The van der Waals surface area contributed by atoms with Crippen LogP contribution >= 0.6 is 17.0 Å². The van der Waals surface area contributed by atoms with Crippen molar-refractivity contribution in [1.29, 1.82) is 0 Å². The zero-order valence-corrected chi connectivity index (χ0v) is 6.64. The highest BCUT2D eigenvalue weighted by molar-refractivity contribution is 8.93. The summed E-state index contributed by atoms with van der Waals surface area (Å²) in [5.41, 5.74) is 0. The molecule has 0 aromatic carbocycles. The molecule has 50 valence electrons. The number of hydrogen-bond acceptors (Lipinski definition) is 2. The van der Waals surface area contributed by atoms with Gasteiger partial charge in [0, 0.05) is 0 Å². The Bertz CT molecular complexity index is 49.6. The molecule has 0 aromatic rings. The summed E-state index contributed by atoms with van der Waals surface area (Å²) in [6, 6.07) is 0. The molecule has 8 heavy (non-hydrogen) atoms. The van der Waals surface area contributed by atoms with Gasteiger partial charge in [0.25, 0.3) is 0 Å². The van der Waals surface area contributed by atoms with E-state index in [2.05, 4.69) is 11.7 Å². The molecule has 0 aromatic heterocycles. The Morgan fingerprint density at radius 2 is 1.62 bits per heavy atom. The van der Waals surface area contributed by atoms with Gasteiger partial charge in [0.2, 0.25) is 0 Å². The molecule has 0 spiro atoms. The van der Waals surface area contributed by atoms with Gasteiger partial charge in [-0.05, 0) is 6.92 Å². The molecule has 0 saturated carbocycles. The largest absolute Gasteiger partial charge is 0.377 e. The minimum Gasteiger partial charge on any atom is -0.377 e. The Kier molecular flexibility index (Phi) is 4.51. The van der Waals surface area contributed by atoms with Gasteiger partial charge in [0.15, 0.2) is 0 Å². The molecule has 2 aliphatic heterocycles. The molecule has 0 N–H and O–H groups in total. The molecule has 2 nitrogen and oxygen atoms in total. The summed E-state index contributed by atoms with van der Waals surface area (Å²) in [5.74, 6) is 0.